The van der Waals surface area contributed by atoms with Crippen LogP contribution in [0.2, 0.25) is 0 Å². The Labute approximate surface area is 174 Å². The van der Waals surface area contributed by atoms with Gasteiger partial charge in [-0.05, 0) is 38.2 Å². The Morgan fingerprint density at radius 3 is 2.24 bits per heavy atom. The molecule has 29 heavy (non-hydrogen) atoms. The molecule has 0 aliphatic heterocycles. The van der Waals surface area contributed by atoms with Gasteiger partial charge in [-0.3, -0.25) is 4.79 Å². The van der Waals surface area contributed by atoms with Crippen molar-refractivity contribution in [3.8, 4) is 0 Å². The lowest BCUT2D eigenvalue weighted by atomic mass is 9.79. The average molecular weight is 409 g/mol. The molecule has 0 bridgehead atoms. The summed E-state index contributed by atoms with van der Waals surface area (Å²) in [6, 6.07) is 9.49. The van der Waals surface area contributed by atoms with E-state index in [2.05, 4.69) is 5.32 Å². The number of carbonyl (C=O) groups is 2. The molecular formula is C22H36N2O5. The lowest BCUT2D eigenvalue weighted by molar-refractivity contribution is -0.151. The average Bonchev–Trinajstić information content (AvgIpc) is 2.62. The highest BCUT2D eigenvalue weighted by Crippen LogP contribution is 2.28. The standard InChI is InChI=1S/C22H36N2O5/c1-21(2,3)29-15-18(19(26)27)22(4,5)16-23-20(28)24(13-14-25)12-11-17-9-7-6-8-10-17/h6-10,18,25H,11-16H2,1-5H3,(H,23,28)(H,26,27). The number of ether oxygens (including phenoxy) is 1. The molecule has 0 saturated heterocycles. The second-order valence-corrected chi connectivity index (χ2v) is 8.91. The number of aliphatic carboxylic acids is 1. The zero-order chi connectivity index (χ0) is 22.1. The van der Waals surface area contributed by atoms with E-state index in [0.717, 1.165) is 5.56 Å². The number of aliphatic hydroxyl groups excluding tert-OH is 1. The van der Waals surface area contributed by atoms with E-state index >= 15 is 0 Å². The highest BCUT2D eigenvalue weighted by atomic mass is 16.5. The van der Waals surface area contributed by atoms with Crippen molar-refractivity contribution in [3.05, 3.63) is 35.9 Å². The van der Waals surface area contributed by atoms with Crippen LogP contribution in [0, 0.1) is 11.3 Å². The normalized spacial score (nSPS) is 13.0. The molecule has 1 aromatic rings. The minimum absolute atomic E-state index is 0.0655. The maximum atomic E-state index is 12.6. The fraction of sp³-hybridized carbons (Fsp3) is 0.636. The Balaban J connectivity index is 2.68. The van der Waals surface area contributed by atoms with Gasteiger partial charge in [-0.2, -0.15) is 0 Å². The molecular weight excluding hydrogens is 372 g/mol. The van der Waals surface area contributed by atoms with Gasteiger partial charge in [0.15, 0.2) is 0 Å². The van der Waals surface area contributed by atoms with E-state index in [1.165, 1.54) is 0 Å². The Hall–Kier alpha value is -2.12. The molecule has 1 unspecified atom stereocenters. The van der Waals surface area contributed by atoms with E-state index in [1.54, 1.807) is 18.7 Å². The highest BCUT2D eigenvalue weighted by molar-refractivity contribution is 5.75. The number of rotatable bonds is 11. The zero-order valence-electron chi connectivity index (χ0n) is 18.3. The van der Waals surface area contributed by atoms with Gasteiger partial charge in [0, 0.05) is 19.6 Å². The third-order valence-electron chi connectivity index (χ3n) is 4.79. The van der Waals surface area contributed by atoms with Crippen LogP contribution in [0.5, 0.6) is 0 Å². The van der Waals surface area contributed by atoms with E-state index in [-0.39, 0.29) is 32.3 Å². The topological polar surface area (TPSA) is 99.1 Å². The number of hydrogen-bond acceptors (Lipinski definition) is 4. The predicted octanol–water partition coefficient (Wildman–Crippen LogP) is 2.78. The number of carboxylic acid groups (broad SMARTS) is 1. The predicted molar refractivity (Wildman–Crippen MR) is 113 cm³/mol. The summed E-state index contributed by atoms with van der Waals surface area (Å²) in [7, 11) is 0. The highest BCUT2D eigenvalue weighted by Gasteiger charge is 2.37. The molecule has 1 rings (SSSR count). The molecule has 0 heterocycles. The quantitative estimate of drug-likeness (QED) is 0.523. The van der Waals surface area contributed by atoms with Crippen molar-refractivity contribution in [3.63, 3.8) is 0 Å². The number of carboxylic acids is 1. The van der Waals surface area contributed by atoms with Crippen molar-refractivity contribution in [2.45, 2.75) is 46.6 Å². The van der Waals surface area contributed by atoms with Crippen LogP contribution in [0.4, 0.5) is 4.79 Å². The molecule has 2 amide bonds. The van der Waals surface area contributed by atoms with Crippen LogP contribution in [0.1, 0.15) is 40.2 Å². The molecule has 0 aliphatic carbocycles. The molecule has 164 valence electrons. The summed E-state index contributed by atoms with van der Waals surface area (Å²) in [5.41, 5.74) is -0.0479. The summed E-state index contributed by atoms with van der Waals surface area (Å²) in [4.78, 5) is 25.9. The van der Waals surface area contributed by atoms with Crippen LogP contribution in [0.25, 0.3) is 0 Å². The molecule has 0 aromatic heterocycles. The third-order valence-corrected chi connectivity index (χ3v) is 4.79. The molecule has 7 heteroatoms. The summed E-state index contributed by atoms with van der Waals surface area (Å²) in [5, 5.41) is 21.8. The van der Waals surface area contributed by atoms with E-state index in [0.29, 0.717) is 13.0 Å². The van der Waals surface area contributed by atoms with Crippen LogP contribution in [0.3, 0.4) is 0 Å². The van der Waals surface area contributed by atoms with Gasteiger partial charge < -0.3 is 25.2 Å². The van der Waals surface area contributed by atoms with Gasteiger partial charge >= 0.3 is 12.0 Å². The van der Waals surface area contributed by atoms with Crippen LogP contribution in [0.15, 0.2) is 30.3 Å². The van der Waals surface area contributed by atoms with Crippen molar-refractivity contribution in [2.75, 3.05) is 32.8 Å². The molecule has 0 radical (unpaired) electrons. The van der Waals surface area contributed by atoms with Gasteiger partial charge in [-0.15, -0.1) is 0 Å². The number of amides is 2. The zero-order valence-corrected chi connectivity index (χ0v) is 18.3. The fourth-order valence-corrected chi connectivity index (χ4v) is 2.85. The van der Waals surface area contributed by atoms with Gasteiger partial charge in [0.2, 0.25) is 0 Å². The van der Waals surface area contributed by atoms with E-state index < -0.39 is 22.9 Å². The first kappa shape index (κ1) is 24.9. The summed E-state index contributed by atoms with van der Waals surface area (Å²) in [6.07, 6.45) is 0.675. The molecule has 0 saturated carbocycles. The molecule has 1 aromatic carbocycles. The number of hydrogen-bond donors (Lipinski definition) is 3. The van der Waals surface area contributed by atoms with Gasteiger partial charge in [-0.1, -0.05) is 44.2 Å². The molecule has 3 N–H and O–H groups in total. The molecule has 1 atom stereocenters. The number of aliphatic hydroxyl groups is 1. The van der Waals surface area contributed by atoms with Crippen LogP contribution >= 0.6 is 0 Å². The second-order valence-electron chi connectivity index (χ2n) is 8.91. The van der Waals surface area contributed by atoms with E-state index in [9.17, 15) is 19.8 Å². The van der Waals surface area contributed by atoms with Crippen LogP contribution < -0.4 is 5.32 Å². The SMILES string of the molecule is CC(C)(C)OCC(C(=O)O)C(C)(C)CNC(=O)N(CCO)CCc1ccccc1. The van der Waals surface area contributed by atoms with Crippen molar-refractivity contribution in [2.24, 2.45) is 11.3 Å². The minimum Gasteiger partial charge on any atom is -0.481 e. The van der Waals surface area contributed by atoms with Crippen LogP contribution in [-0.2, 0) is 16.0 Å². The van der Waals surface area contributed by atoms with Gasteiger partial charge in [0.1, 0.15) is 0 Å². The maximum Gasteiger partial charge on any atom is 0.317 e. The Morgan fingerprint density at radius 2 is 1.72 bits per heavy atom. The van der Waals surface area contributed by atoms with Gasteiger partial charge in [0.25, 0.3) is 0 Å². The summed E-state index contributed by atoms with van der Waals surface area (Å²) in [6.45, 7) is 10.0. The fourth-order valence-electron chi connectivity index (χ4n) is 2.85. The Bertz CT molecular complexity index is 640. The summed E-state index contributed by atoms with van der Waals surface area (Å²) in [5.74, 6) is -1.72. The van der Waals surface area contributed by atoms with Crippen molar-refractivity contribution in [1.29, 1.82) is 0 Å². The Kier molecular flexibility index (Phi) is 9.59. The number of carbonyl (C=O) groups excluding carboxylic acids is 1. The van der Waals surface area contributed by atoms with Crippen LogP contribution in [-0.4, -0.2) is 65.6 Å². The second kappa shape index (κ2) is 11.2. The van der Waals surface area contributed by atoms with Crippen molar-refractivity contribution >= 4 is 12.0 Å². The first-order chi connectivity index (χ1) is 13.5. The molecule has 7 nitrogen and oxygen atoms in total. The minimum atomic E-state index is -0.954. The maximum absolute atomic E-state index is 12.6. The smallest absolute Gasteiger partial charge is 0.317 e. The number of benzene rings is 1. The monoisotopic (exact) mass is 408 g/mol. The summed E-state index contributed by atoms with van der Waals surface area (Å²) < 4.78 is 5.68. The first-order valence-corrected chi connectivity index (χ1v) is 10.0. The number of nitrogens with one attached hydrogen (secondary N) is 1. The molecule has 0 aliphatic rings. The third kappa shape index (κ3) is 9.28. The molecule has 0 fully saturated rings. The largest absolute Gasteiger partial charge is 0.481 e. The van der Waals surface area contributed by atoms with Gasteiger partial charge in [0.05, 0.1) is 24.7 Å². The van der Waals surface area contributed by atoms with Crippen molar-refractivity contribution < 1.29 is 24.5 Å². The van der Waals surface area contributed by atoms with E-state index in [4.69, 9.17) is 4.74 Å². The van der Waals surface area contributed by atoms with Crippen molar-refractivity contribution in [1.82, 2.24) is 10.2 Å². The number of urea groups is 1. The summed E-state index contributed by atoms with van der Waals surface area (Å²) >= 11 is 0. The molecule has 0 spiro atoms. The lowest BCUT2D eigenvalue weighted by Gasteiger charge is -2.34. The van der Waals surface area contributed by atoms with E-state index in [1.807, 2.05) is 51.1 Å². The first-order valence-electron chi connectivity index (χ1n) is 10.0. The Morgan fingerprint density at radius 1 is 1.10 bits per heavy atom. The number of nitrogens with zero attached hydrogens (tertiary/aromatic N) is 1. The lowest BCUT2D eigenvalue weighted by Crippen LogP contribution is -2.49. The van der Waals surface area contributed by atoms with Gasteiger partial charge in [-0.25, -0.2) is 4.79 Å².